The zero-order valence-electron chi connectivity index (χ0n) is 11.7. The number of anilines is 1. The van der Waals surface area contributed by atoms with Crippen LogP contribution in [-0.2, 0) is 10.0 Å². The third kappa shape index (κ3) is 2.75. The molecule has 0 aliphatic rings. The van der Waals surface area contributed by atoms with Crippen molar-refractivity contribution in [3.8, 4) is 0 Å². The molecule has 1 aromatic heterocycles. The number of rotatable bonds is 3. The SMILES string of the molecule is Cc1ccc(NS(=O)(=O)c2ccc3nc(C)[nH]c3c2)cc1. The van der Waals surface area contributed by atoms with Crippen molar-refractivity contribution in [3.63, 3.8) is 0 Å². The van der Waals surface area contributed by atoms with Crippen LogP contribution in [0.1, 0.15) is 11.4 Å². The van der Waals surface area contributed by atoms with Crippen molar-refractivity contribution in [1.82, 2.24) is 9.97 Å². The molecule has 0 spiro atoms. The van der Waals surface area contributed by atoms with Gasteiger partial charge in [0, 0.05) is 5.69 Å². The highest BCUT2D eigenvalue weighted by molar-refractivity contribution is 7.92. The molecule has 0 saturated carbocycles. The number of benzene rings is 2. The number of H-pyrrole nitrogens is 1. The van der Waals surface area contributed by atoms with Gasteiger partial charge in [-0.2, -0.15) is 0 Å². The van der Waals surface area contributed by atoms with Crippen molar-refractivity contribution in [3.05, 3.63) is 53.9 Å². The van der Waals surface area contributed by atoms with E-state index in [1.54, 1.807) is 30.3 Å². The van der Waals surface area contributed by atoms with Gasteiger partial charge in [0.05, 0.1) is 15.9 Å². The first kappa shape index (κ1) is 13.6. The van der Waals surface area contributed by atoms with Gasteiger partial charge in [0.1, 0.15) is 5.82 Å². The van der Waals surface area contributed by atoms with Gasteiger partial charge in [-0.05, 0) is 44.2 Å². The minimum absolute atomic E-state index is 0.208. The van der Waals surface area contributed by atoms with Crippen LogP contribution in [0.2, 0.25) is 0 Å². The van der Waals surface area contributed by atoms with E-state index in [1.165, 1.54) is 0 Å². The summed E-state index contributed by atoms with van der Waals surface area (Å²) < 4.78 is 27.4. The number of nitrogens with one attached hydrogen (secondary N) is 2. The fourth-order valence-corrected chi connectivity index (χ4v) is 3.20. The summed E-state index contributed by atoms with van der Waals surface area (Å²) in [6.45, 7) is 3.78. The van der Waals surface area contributed by atoms with Gasteiger partial charge in [-0.1, -0.05) is 17.7 Å². The smallest absolute Gasteiger partial charge is 0.261 e. The maximum Gasteiger partial charge on any atom is 0.261 e. The number of fused-ring (bicyclic) bond motifs is 1. The molecule has 0 bridgehead atoms. The molecule has 3 aromatic rings. The Labute approximate surface area is 123 Å². The summed E-state index contributed by atoms with van der Waals surface area (Å²) >= 11 is 0. The van der Waals surface area contributed by atoms with E-state index in [0.29, 0.717) is 11.2 Å². The minimum Gasteiger partial charge on any atom is -0.342 e. The molecule has 1 heterocycles. The summed E-state index contributed by atoms with van der Waals surface area (Å²) in [5, 5.41) is 0. The Morgan fingerprint density at radius 1 is 1.05 bits per heavy atom. The molecule has 2 aromatic carbocycles. The summed E-state index contributed by atoms with van der Waals surface area (Å²) in [7, 11) is -3.61. The lowest BCUT2D eigenvalue weighted by Gasteiger charge is -2.08. The standard InChI is InChI=1S/C15H15N3O2S/c1-10-3-5-12(6-4-10)18-21(19,20)13-7-8-14-15(9-13)17-11(2)16-14/h3-9,18H,1-2H3,(H,16,17). The monoisotopic (exact) mass is 301 g/mol. The third-order valence-corrected chi connectivity index (χ3v) is 4.56. The van der Waals surface area contributed by atoms with Gasteiger partial charge < -0.3 is 4.98 Å². The first-order valence-corrected chi connectivity index (χ1v) is 7.98. The van der Waals surface area contributed by atoms with Gasteiger partial charge in [0.2, 0.25) is 0 Å². The molecule has 0 amide bonds. The van der Waals surface area contributed by atoms with Gasteiger partial charge in [0.15, 0.2) is 0 Å². The molecule has 21 heavy (non-hydrogen) atoms. The summed E-state index contributed by atoms with van der Waals surface area (Å²) in [6.07, 6.45) is 0. The molecule has 0 atom stereocenters. The number of sulfonamides is 1. The van der Waals surface area contributed by atoms with Gasteiger partial charge in [-0.25, -0.2) is 13.4 Å². The first-order valence-electron chi connectivity index (χ1n) is 6.50. The molecular formula is C15H15N3O2S. The second-order valence-electron chi connectivity index (χ2n) is 4.97. The molecule has 3 rings (SSSR count). The van der Waals surface area contributed by atoms with E-state index in [9.17, 15) is 8.42 Å². The Hall–Kier alpha value is -2.34. The van der Waals surface area contributed by atoms with Gasteiger partial charge in [0.25, 0.3) is 10.0 Å². The molecule has 0 saturated heterocycles. The van der Waals surface area contributed by atoms with Gasteiger partial charge >= 0.3 is 0 Å². The van der Waals surface area contributed by atoms with Crippen molar-refractivity contribution in [2.45, 2.75) is 18.7 Å². The van der Waals surface area contributed by atoms with Gasteiger partial charge in [-0.15, -0.1) is 0 Å². The van der Waals surface area contributed by atoms with Crippen molar-refractivity contribution in [2.75, 3.05) is 4.72 Å². The minimum atomic E-state index is -3.61. The van der Waals surface area contributed by atoms with Crippen LogP contribution < -0.4 is 4.72 Å². The van der Waals surface area contributed by atoms with Crippen molar-refractivity contribution in [1.29, 1.82) is 0 Å². The molecule has 2 N–H and O–H groups in total. The lowest BCUT2D eigenvalue weighted by atomic mass is 10.2. The number of aromatic nitrogens is 2. The van der Waals surface area contributed by atoms with Crippen LogP contribution in [0.15, 0.2) is 47.4 Å². The largest absolute Gasteiger partial charge is 0.342 e. The Bertz CT molecular complexity index is 896. The average molecular weight is 301 g/mol. The Kier molecular flexibility index (Phi) is 3.17. The predicted molar refractivity (Wildman–Crippen MR) is 82.8 cm³/mol. The third-order valence-electron chi connectivity index (χ3n) is 3.19. The average Bonchev–Trinajstić information content (AvgIpc) is 2.80. The zero-order valence-corrected chi connectivity index (χ0v) is 12.5. The Morgan fingerprint density at radius 3 is 2.48 bits per heavy atom. The number of nitrogens with zero attached hydrogens (tertiary/aromatic N) is 1. The highest BCUT2D eigenvalue weighted by atomic mass is 32.2. The quantitative estimate of drug-likeness (QED) is 0.781. The normalized spacial score (nSPS) is 11.7. The Balaban J connectivity index is 1.97. The van der Waals surface area contributed by atoms with Crippen molar-refractivity contribution in [2.24, 2.45) is 0 Å². The predicted octanol–water partition coefficient (Wildman–Crippen LogP) is 2.98. The Morgan fingerprint density at radius 2 is 1.76 bits per heavy atom. The summed E-state index contributed by atoms with van der Waals surface area (Å²) in [5.74, 6) is 0.756. The molecule has 6 heteroatoms. The van der Waals surface area contributed by atoms with Crippen LogP contribution in [0.5, 0.6) is 0 Å². The maximum absolute atomic E-state index is 12.4. The number of hydrogen-bond acceptors (Lipinski definition) is 3. The summed E-state index contributed by atoms with van der Waals surface area (Å²) in [4.78, 5) is 7.51. The second kappa shape index (κ2) is 4.89. The topological polar surface area (TPSA) is 74.8 Å². The molecule has 0 aliphatic heterocycles. The van der Waals surface area contributed by atoms with Crippen LogP contribution >= 0.6 is 0 Å². The fourth-order valence-electron chi connectivity index (χ4n) is 2.12. The van der Waals surface area contributed by atoms with Crippen LogP contribution in [-0.4, -0.2) is 18.4 Å². The molecule has 108 valence electrons. The number of aromatic amines is 1. The molecule has 0 unspecified atom stereocenters. The number of hydrogen-bond donors (Lipinski definition) is 2. The van der Waals surface area contributed by atoms with Crippen LogP contribution in [0.3, 0.4) is 0 Å². The van der Waals surface area contributed by atoms with E-state index in [-0.39, 0.29) is 4.90 Å². The van der Waals surface area contributed by atoms with E-state index < -0.39 is 10.0 Å². The lowest BCUT2D eigenvalue weighted by Crippen LogP contribution is -2.12. The summed E-state index contributed by atoms with van der Waals surface area (Å²) in [5.41, 5.74) is 3.08. The molecule has 0 aliphatic carbocycles. The highest BCUT2D eigenvalue weighted by Crippen LogP contribution is 2.20. The number of imidazole rings is 1. The highest BCUT2D eigenvalue weighted by Gasteiger charge is 2.15. The van der Waals surface area contributed by atoms with E-state index in [1.807, 2.05) is 26.0 Å². The summed E-state index contributed by atoms with van der Waals surface area (Å²) in [6, 6.07) is 12.0. The van der Waals surface area contributed by atoms with Gasteiger partial charge in [-0.3, -0.25) is 4.72 Å². The van der Waals surface area contributed by atoms with E-state index in [0.717, 1.165) is 16.9 Å². The van der Waals surface area contributed by atoms with Crippen LogP contribution in [0, 0.1) is 13.8 Å². The molecular weight excluding hydrogens is 286 g/mol. The van der Waals surface area contributed by atoms with Crippen molar-refractivity contribution < 1.29 is 8.42 Å². The van der Waals surface area contributed by atoms with E-state index in [2.05, 4.69) is 14.7 Å². The molecule has 0 radical (unpaired) electrons. The zero-order chi connectivity index (χ0) is 15.0. The second-order valence-corrected chi connectivity index (χ2v) is 6.66. The van der Waals surface area contributed by atoms with E-state index >= 15 is 0 Å². The number of aryl methyl sites for hydroxylation is 2. The molecule has 0 fully saturated rings. The lowest BCUT2D eigenvalue weighted by molar-refractivity contribution is 0.601. The fraction of sp³-hybridized carbons (Fsp3) is 0.133. The first-order chi connectivity index (χ1) is 9.94. The molecule has 5 nitrogen and oxygen atoms in total. The maximum atomic E-state index is 12.4. The van der Waals surface area contributed by atoms with E-state index in [4.69, 9.17) is 0 Å². The van der Waals surface area contributed by atoms with Crippen molar-refractivity contribution >= 4 is 26.7 Å². The van der Waals surface area contributed by atoms with Crippen LogP contribution in [0.25, 0.3) is 11.0 Å². The van der Waals surface area contributed by atoms with Crippen LogP contribution in [0.4, 0.5) is 5.69 Å².